The van der Waals surface area contributed by atoms with Crippen LogP contribution in [0.15, 0.2) is 44.4 Å². The first kappa shape index (κ1) is 23.9. The zero-order valence-corrected chi connectivity index (χ0v) is 21.9. The van der Waals surface area contributed by atoms with Crippen LogP contribution in [0.3, 0.4) is 0 Å². The maximum Gasteiger partial charge on any atom is 0.274 e. The number of nitrogens with one attached hydrogen (secondary N) is 2. The molecule has 0 bridgehead atoms. The molecule has 9 nitrogen and oxygen atoms in total. The van der Waals surface area contributed by atoms with Gasteiger partial charge in [0, 0.05) is 23.8 Å². The van der Waals surface area contributed by atoms with E-state index in [4.69, 9.17) is 11.6 Å². The molecule has 2 aromatic heterocycles. The summed E-state index contributed by atoms with van der Waals surface area (Å²) in [6.45, 7) is 1.59. The van der Waals surface area contributed by atoms with Crippen molar-refractivity contribution < 1.29 is 18.0 Å². The summed E-state index contributed by atoms with van der Waals surface area (Å²) in [6.07, 6.45) is 1.78. The lowest BCUT2D eigenvalue weighted by molar-refractivity contribution is 0.0960. The fourth-order valence-electron chi connectivity index (χ4n) is 3.63. The molecule has 1 aliphatic heterocycles. The zero-order valence-electron chi connectivity index (χ0n) is 17.2. The van der Waals surface area contributed by atoms with E-state index in [9.17, 15) is 18.0 Å². The van der Waals surface area contributed by atoms with E-state index in [1.807, 2.05) is 0 Å². The SMILES string of the molecule is CNC(=O)c1c(NC(=O)c2cc(Br)nn2-c2ncccc2Cl)c(Br)cc2c1S(=O)(=O)C(C)C2. The second kappa shape index (κ2) is 8.82. The van der Waals surface area contributed by atoms with Crippen molar-refractivity contribution in [2.24, 2.45) is 0 Å². The third kappa shape index (κ3) is 4.09. The highest BCUT2D eigenvalue weighted by Crippen LogP contribution is 2.41. The van der Waals surface area contributed by atoms with Crippen molar-refractivity contribution in [3.8, 4) is 5.82 Å². The van der Waals surface area contributed by atoms with Gasteiger partial charge in [-0.15, -0.1) is 0 Å². The smallest absolute Gasteiger partial charge is 0.274 e. The van der Waals surface area contributed by atoms with Gasteiger partial charge >= 0.3 is 0 Å². The molecule has 0 radical (unpaired) electrons. The highest BCUT2D eigenvalue weighted by atomic mass is 79.9. The number of pyridine rings is 1. The number of halogens is 3. The summed E-state index contributed by atoms with van der Waals surface area (Å²) in [5.74, 6) is -1.06. The summed E-state index contributed by atoms with van der Waals surface area (Å²) in [5, 5.41) is 8.95. The summed E-state index contributed by atoms with van der Waals surface area (Å²) in [6, 6.07) is 6.32. The molecule has 0 saturated carbocycles. The van der Waals surface area contributed by atoms with Crippen LogP contribution in [0.4, 0.5) is 5.69 Å². The maximum absolute atomic E-state index is 13.3. The molecule has 2 N–H and O–H groups in total. The molecule has 0 saturated heterocycles. The lowest BCUT2D eigenvalue weighted by Gasteiger charge is -2.16. The number of carbonyl (C=O) groups excluding carboxylic acids is 2. The number of sulfone groups is 1. The first-order valence-electron chi connectivity index (χ1n) is 9.55. The van der Waals surface area contributed by atoms with Gasteiger partial charge < -0.3 is 10.6 Å². The second-order valence-electron chi connectivity index (χ2n) is 7.26. The first-order chi connectivity index (χ1) is 15.6. The minimum absolute atomic E-state index is 0.0340. The van der Waals surface area contributed by atoms with Gasteiger partial charge in [-0.25, -0.2) is 18.1 Å². The molecular formula is C20H16Br2ClN5O4S. The molecule has 1 aromatic carbocycles. The Labute approximate surface area is 211 Å². The van der Waals surface area contributed by atoms with E-state index in [-0.39, 0.29) is 39.1 Å². The van der Waals surface area contributed by atoms with Gasteiger partial charge in [-0.2, -0.15) is 5.10 Å². The summed E-state index contributed by atoms with van der Waals surface area (Å²) in [4.78, 5) is 30.2. The molecule has 1 atom stereocenters. The van der Waals surface area contributed by atoms with Crippen molar-refractivity contribution in [3.63, 3.8) is 0 Å². The van der Waals surface area contributed by atoms with Gasteiger partial charge in [-0.05, 0) is 69.0 Å². The fraction of sp³-hybridized carbons (Fsp3) is 0.200. The van der Waals surface area contributed by atoms with Gasteiger partial charge in [-0.1, -0.05) is 11.6 Å². The van der Waals surface area contributed by atoms with Crippen LogP contribution in [0.25, 0.3) is 5.82 Å². The van der Waals surface area contributed by atoms with Crippen LogP contribution in [-0.2, 0) is 16.3 Å². The topological polar surface area (TPSA) is 123 Å². The normalized spacial score (nSPS) is 16.3. The molecular weight excluding hydrogens is 602 g/mol. The van der Waals surface area contributed by atoms with Gasteiger partial charge in [-0.3, -0.25) is 9.59 Å². The Bertz CT molecular complexity index is 1420. The molecule has 13 heteroatoms. The van der Waals surface area contributed by atoms with Gasteiger partial charge in [0.25, 0.3) is 11.8 Å². The molecule has 33 heavy (non-hydrogen) atoms. The third-order valence-corrected chi connectivity index (χ3v) is 8.74. The molecule has 0 spiro atoms. The summed E-state index contributed by atoms with van der Waals surface area (Å²) < 4.78 is 27.9. The van der Waals surface area contributed by atoms with Crippen LogP contribution in [0.1, 0.15) is 33.3 Å². The first-order valence-corrected chi connectivity index (χ1v) is 13.1. The highest BCUT2D eigenvalue weighted by Gasteiger charge is 2.40. The number of amides is 2. The fourth-order valence-corrected chi connectivity index (χ4v) is 6.57. The number of anilines is 1. The van der Waals surface area contributed by atoms with Crippen LogP contribution >= 0.6 is 43.5 Å². The van der Waals surface area contributed by atoms with Crippen LogP contribution < -0.4 is 10.6 Å². The standard InChI is InChI=1S/C20H16Br2ClN5O4S/c1-9-6-10-7-11(21)16(15(20(30)24-2)17(10)33(9,31)32)26-19(29)13-8-14(22)27-28(13)18-12(23)4-3-5-25-18/h3-5,7-9H,6H2,1-2H3,(H,24,30)(H,26,29). The molecule has 0 aliphatic carbocycles. The number of carbonyl (C=O) groups is 2. The Hall–Kier alpha value is -2.28. The quantitative estimate of drug-likeness (QED) is 0.460. The Morgan fingerprint density at radius 2 is 1.97 bits per heavy atom. The number of fused-ring (bicyclic) bond motifs is 1. The lowest BCUT2D eigenvalue weighted by atomic mass is 10.0. The number of nitrogens with zero attached hydrogens (tertiary/aromatic N) is 3. The average Bonchev–Trinajstić information content (AvgIpc) is 3.25. The number of aromatic nitrogens is 3. The molecule has 4 rings (SSSR count). The van der Waals surface area contributed by atoms with E-state index in [0.29, 0.717) is 14.6 Å². The molecule has 2 amide bonds. The highest BCUT2D eigenvalue weighted by molar-refractivity contribution is 9.10. The van der Waals surface area contributed by atoms with Crippen LogP contribution in [0.5, 0.6) is 0 Å². The number of hydrogen-bond acceptors (Lipinski definition) is 6. The van der Waals surface area contributed by atoms with Crippen molar-refractivity contribution in [1.82, 2.24) is 20.1 Å². The van der Waals surface area contributed by atoms with E-state index in [2.05, 4.69) is 52.6 Å². The molecule has 3 aromatic rings. The zero-order chi connectivity index (χ0) is 24.1. The minimum atomic E-state index is -3.75. The van der Waals surface area contributed by atoms with Crippen molar-refractivity contribution in [1.29, 1.82) is 0 Å². The van der Waals surface area contributed by atoms with Gasteiger partial charge in [0.2, 0.25) is 0 Å². The lowest BCUT2D eigenvalue weighted by Crippen LogP contribution is -2.26. The molecule has 3 heterocycles. The minimum Gasteiger partial charge on any atom is -0.355 e. The largest absolute Gasteiger partial charge is 0.355 e. The van der Waals surface area contributed by atoms with E-state index in [1.165, 1.54) is 24.0 Å². The maximum atomic E-state index is 13.3. The van der Waals surface area contributed by atoms with E-state index in [1.54, 1.807) is 25.1 Å². The molecule has 1 unspecified atom stereocenters. The van der Waals surface area contributed by atoms with Crippen LogP contribution in [0.2, 0.25) is 5.02 Å². The molecule has 0 fully saturated rings. The number of hydrogen-bond donors (Lipinski definition) is 2. The Kier molecular flexibility index (Phi) is 6.38. The number of rotatable bonds is 4. The predicted octanol–water partition coefficient (Wildman–Crippen LogP) is 3.78. The van der Waals surface area contributed by atoms with Gasteiger partial charge in [0.1, 0.15) is 10.3 Å². The van der Waals surface area contributed by atoms with E-state index < -0.39 is 26.9 Å². The summed E-state index contributed by atoms with van der Waals surface area (Å²) >= 11 is 12.9. The van der Waals surface area contributed by atoms with Crippen molar-refractivity contribution >= 4 is 70.8 Å². The van der Waals surface area contributed by atoms with Crippen molar-refractivity contribution in [2.75, 3.05) is 12.4 Å². The number of benzene rings is 1. The van der Waals surface area contributed by atoms with Crippen LogP contribution in [-0.4, -0.2) is 47.3 Å². The summed E-state index contributed by atoms with van der Waals surface area (Å²) in [7, 11) is -2.36. The van der Waals surface area contributed by atoms with Gasteiger partial charge in [0.15, 0.2) is 15.7 Å². The molecule has 172 valence electrons. The van der Waals surface area contributed by atoms with Crippen molar-refractivity contribution in [3.05, 3.63) is 61.4 Å². The third-order valence-electron chi connectivity index (χ3n) is 5.17. The predicted molar refractivity (Wildman–Crippen MR) is 130 cm³/mol. The Morgan fingerprint density at radius 1 is 1.24 bits per heavy atom. The monoisotopic (exact) mass is 615 g/mol. The van der Waals surface area contributed by atoms with Crippen molar-refractivity contribution in [2.45, 2.75) is 23.5 Å². The molecule has 1 aliphatic rings. The Balaban J connectivity index is 1.86. The van der Waals surface area contributed by atoms with E-state index in [0.717, 1.165) is 0 Å². The average molecular weight is 618 g/mol. The van der Waals surface area contributed by atoms with E-state index >= 15 is 0 Å². The summed E-state index contributed by atoms with van der Waals surface area (Å²) in [5.41, 5.74) is 0.486. The Morgan fingerprint density at radius 3 is 2.64 bits per heavy atom. The van der Waals surface area contributed by atoms with Gasteiger partial charge in [0.05, 0.1) is 26.4 Å². The second-order valence-corrected chi connectivity index (χ2v) is 11.6. The van der Waals surface area contributed by atoms with Crippen LogP contribution in [0, 0.1) is 0 Å².